The van der Waals surface area contributed by atoms with Crippen molar-refractivity contribution in [3.05, 3.63) is 65.0 Å². The van der Waals surface area contributed by atoms with Gasteiger partial charge in [-0.2, -0.15) is 5.10 Å². The number of sulfonamides is 1. The molecule has 0 amide bonds. The molecule has 0 aliphatic rings. The van der Waals surface area contributed by atoms with Crippen molar-refractivity contribution in [3.8, 4) is 22.8 Å². The van der Waals surface area contributed by atoms with E-state index < -0.39 is 10.0 Å². The van der Waals surface area contributed by atoms with Crippen LogP contribution in [0, 0.1) is 0 Å². The first kappa shape index (κ1) is 19.4. The van der Waals surface area contributed by atoms with E-state index in [0.29, 0.717) is 17.1 Å². The summed E-state index contributed by atoms with van der Waals surface area (Å²) in [6, 6.07) is 14.2. The van der Waals surface area contributed by atoms with Gasteiger partial charge in [0.25, 0.3) is 15.6 Å². The maximum Gasteiger partial charge on any atom is 0.266 e. The quantitative estimate of drug-likeness (QED) is 0.680. The molecule has 0 fully saturated rings. The minimum Gasteiger partial charge on any atom is -0.497 e. The fraction of sp³-hybridized carbons (Fsp3) is 0.158. The molecule has 0 aliphatic carbocycles. The maximum absolute atomic E-state index is 12.7. The van der Waals surface area contributed by atoms with E-state index in [2.05, 4.69) is 9.82 Å². The standard InChI is InChI=1S/C19H19N3O5S/c1-22-19(23)11-9-16(20-22)13-4-6-14(7-5-13)21-28(24,25)18-10-8-15(26-2)12-17(18)27-3/h4-12,21H,1-3H3. The van der Waals surface area contributed by atoms with Crippen LogP contribution in [0.25, 0.3) is 11.3 Å². The highest BCUT2D eigenvalue weighted by atomic mass is 32.2. The van der Waals surface area contributed by atoms with Gasteiger partial charge < -0.3 is 9.47 Å². The molecular weight excluding hydrogens is 382 g/mol. The Labute approximate surface area is 162 Å². The molecule has 0 spiro atoms. The fourth-order valence-corrected chi connectivity index (χ4v) is 3.78. The van der Waals surface area contributed by atoms with E-state index in [1.54, 1.807) is 43.4 Å². The number of rotatable bonds is 6. The van der Waals surface area contributed by atoms with Crippen molar-refractivity contribution in [1.82, 2.24) is 9.78 Å². The highest BCUT2D eigenvalue weighted by Crippen LogP contribution is 2.30. The molecule has 1 aromatic heterocycles. The summed E-state index contributed by atoms with van der Waals surface area (Å²) in [6.45, 7) is 0. The van der Waals surface area contributed by atoms with Gasteiger partial charge in [-0.3, -0.25) is 9.52 Å². The first-order valence-corrected chi connectivity index (χ1v) is 9.72. The van der Waals surface area contributed by atoms with E-state index in [1.807, 2.05) is 0 Å². The van der Waals surface area contributed by atoms with Crippen molar-refractivity contribution in [2.24, 2.45) is 7.05 Å². The SMILES string of the molecule is COc1ccc(S(=O)(=O)Nc2ccc(-c3ccc(=O)n(C)n3)cc2)c(OC)c1. The van der Waals surface area contributed by atoms with Crippen molar-refractivity contribution < 1.29 is 17.9 Å². The zero-order valence-electron chi connectivity index (χ0n) is 15.5. The zero-order valence-corrected chi connectivity index (χ0v) is 16.4. The average Bonchev–Trinajstić information content (AvgIpc) is 2.69. The lowest BCUT2D eigenvalue weighted by Crippen LogP contribution is -2.18. The lowest BCUT2D eigenvalue weighted by Gasteiger charge is -2.13. The molecule has 0 radical (unpaired) electrons. The second-order valence-electron chi connectivity index (χ2n) is 5.88. The van der Waals surface area contributed by atoms with E-state index in [4.69, 9.17) is 9.47 Å². The minimum absolute atomic E-state index is 0.000368. The van der Waals surface area contributed by atoms with E-state index in [1.165, 1.54) is 37.1 Å². The van der Waals surface area contributed by atoms with Crippen LogP contribution in [-0.2, 0) is 17.1 Å². The molecule has 146 valence electrons. The van der Waals surface area contributed by atoms with Crippen molar-refractivity contribution >= 4 is 15.7 Å². The predicted octanol–water partition coefficient (Wildman–Crippen LogP) is 2.27. The number of anilines is 1. The Morgan fingerprint density at radius 2 is 1.68 bits per heavy atom. The molecule has 1 N–H and O–H groups in total. The molecule has 0 bridgehead atoms. The van der Waals surface area contributed by atoms with Crippen LogP contribution in [0.4, 0.5) is 5.69 Å². The number of aromatic nitrogens is 2. The summed E-state index contributed by atoms with van der Waals surface area (Å²) in [5.41, 5.74) is 1.53. The van der Waals surface area contributed by atoms with E-state index in [0.717, 1.165) is 5.56 Å². The molecule has 0 unspecified atom stereocenters. The van der Waals surface area contributed by atoms with Gasteiger partial charge in [0.2, 0.25) is 0 Å². The third-order valence-electron chi connectivity index (χ3n) is 4.05. The summed E-state index contributed by atoms with van der Waals surface area (Å²) in [5, 5.41) is 4.17. The fourth-order valence-electron chi connectivity index (χ4n) is 2.57. The number of aryl methyl sites for hydroxylation is 1. The van der Waals surface area contributed by atoms with Gasteiger partial charge in [0.15, 0.2) is 0 Å². The Balaban J connectivity index is 1.87. The van der Waals surface area contributed by atoms with Gasteiger partial charge in [-0.05, 0) is 30.3 Å². The Kier molecular flexibility index (Phi) is 5.36. The Morgan fingerprint density at radius 1 is 0.964 bits per heavy atom. The largest absolute Gasteiger partial charge is 0.497 e. The molecule has 8 nitrogen and oxygen atoms in total. The molecule has 2 aromatic carbocycles. The lowest BCUT2D eigenvalue weighted by atomic mass is 10.1. The van der Waals surface area contributed by atoms with Crippen LogP contribution >= 0.6 is 0 Å². The lowest BCUT2D eigenvalue weighted by molar-refractivity contribution is 0.386. The summed E-state index contributed by atoms with van der Waals surface area (Å²) in [5.74, 6) is 0.669. The van der Waals surface area contributed by atoms with Crippen LogP contribution in [-0.4, -0.2) is 32.4 Å². The third-order valence-corrected chi connectivity index (χ3v) is 5.47. The molecule has 9 heteroatoms. The summed E-state index contributed by atoms with van der Waals surface area (Å²) < 4.78 is 39.5. The summed E-state index contributed by atoms with van der Waals surface area (Å²) in [7, 11) is 0.583. The van der Waals surface area contributed by atoms with Crippen LogP contribution in [0.5, 0.6) is 11.5 Å². The summed E-state index contributed by atoms with van der Waals surface area (Å²) in [4.78, 5) is 11.4. The second-order valence-corrected chi connectivity index (χ2v) is 7.53. The second kappa shape index (κ2) is 7.73. The van der Waals surface area contributed by atoms with Gasteiger partial charge in [0.05, 0.1) is 19.9 Å². The number of nitrogens with zero attached hydrogens (tertiary/aromatic N) is 2. The van der Waals surface area contributed by atoms with Crippen LogP contribution in [0.2, 0.25) is 0 Å². The van der Waals surface area contributed by atoms with E-state index >= 15 is 0 Å². The molecular formula is C19H19N3O5S. The van der Waals surface area contributed by atoms with Crippen LogP contribution in [0.15, 0.2) is 64.3 Å². The molecule has 0 atom stereocenters. The number of nitrogens with one attached hydrogen (secondary N) is 1. The number of hydrogen-bond donors (Lipinski definition) is 1. The van der Waals surface area contributed by atoms with Gasteiger partial charge in [0, 0.05) is 30.4 Å². The van der Waals surface area contributed by atoms with Crippen molar-refractivity contribution in [2.45, 2.75) is 4.90 Å². The third kappa shape index (κ3) is 3.99. The van der Waals surface area contributed by atoms with Crippen LogP contribution in [0.3, 0.4) is 0 Å². The Morgan fingerprint density at radius 3 is 2.29 bits per heavy atom. The van der Waals surface area contributed by atoms with Gasteiger partial charge in [-0.1, -0.05) is 12.1 Å². The van der Waals surface area contributed by atoms with Crippen LogP contribution in [0.1, 0.15) is 0 Å². The van der Waals surface area contributed by atoms with Gasteiger partial charge in [0.1, 0.15) is 16.4 Å². The predicted molar refractivity (Wildman–Crippen MR) is 105 cm³/mol. The van der Waals surface area contributed by atoms with Gasteiger partial charge in [-0.15, -0.1) is 0 Å². The highest BCUT2D eigenvalue weighted by Gasteiger charge is 2.20. The smallest absolute Gasteiger partial charge is 0.266 e. The monoisotopic (exact) mass is 401 g/mol. The first-order valence-electron chi connectivity index (χ1n) is 8.23. The molecule has 0 aliphatic heterocycles. The zero-order chi connectivity index (χ0) is 20.3. The highest BCUT2D eigenvalue weighted by molar-refractivity contribution is 7.92. The van der Waals surface area contributed by atoms with Crippen molar-refractivity contribution in [1.29, 1.82) is 0 Å². The van der Waals surface area contributed by atoms with E-state index in [9.17, 15) is 13.2 Å². The summed E-state index contributed by atoms with van der Waals surface area (Å²) in [6.07, 6.45) is 0. The molecule has 3 rings (SSSR count). The van der Waals surface area contributed by atoms with E-state index in [-0.39, 0.29) is 16.2 Å². The van der Waals surface area contributed by atoms with Gasteiger partial charge in [-0.25, -0.2) is 13.1 Å². The molecule has 3 aromatic rings. The topological polar surface area (TPSA) is 99.5 Å². The number of ether oxygens (including phenoxy) is 2. The van der Waals surface area contributed by atoms with Crippen molar-refractivity contribution in [2.75, 3.05) is 18.9 Å². The number of methoxy groups -OCH3 is 2. The summed E-state index contributed by atoms with van der Waals surface area (Å²) >= 11 is 0. The molecule has 1 heterocycles. The minimum atomic E-state index is -3.86. The number of hydrogen-bond acceptors (Lipinski definition) is 6. The molecule has 28 heavy (non-hydrogen) atoms. The van der Waals surface area contributed by atoms with Crippen LogP contribution < -0.4 is 19.8 Å². The Bertz CT molecular complexity index is 1150. The number of benzene rings is 2. The first-order chi connectivity index (χ1) is 13.3. The molecule has 0 saturated heterocycles. The normalized spacial score (nSPS) is 11.1. The van der Waals surface area contributed by atoms with Crippen molar-refractivity contribution in [3.63, 3.8) is 0 Å². The average molecular weight is 401 g/mol. The maximum atomic E-state index is 12.7. The Hall–Kier alpha value is -3.33. The molecule has 0 saturated carbocycles. The van der Waals surface area contributed by atoms with Gasteiger partial charge >= 0.3 is 0 Å².